The second-order valence-corrected chi connectivity index (χ2v) is 4.39. The summed E-state index contributed by atoms with van der Waals surface area (Å²) in [6.07, 6.45) is 1.01. The molecule has 0 aliphatic heterocycles. The molecule has 0 rings (SSSR count). The quantitative estimate of drug-likeness (QED) is 0.686. The predicted octanol–water partition coefficient (Wildman–Crippen LogP) is 2.27. The third kappa shape index (κ3) is 3.57. The lowest BCUT2D eigenvalue weighted by Crippen LogP contribution is -2.36. The molecule has 1 unspecified atom stereocenters. The number of carbonyl (C=O) groups is 1. The highest BCUT2D eigenvalue weighted by Gasteiger charge is 2.21. The van der Waals surface area contributed by atoms with Gasteiger partial charge < -0.3 is 4.90 Å². The van der Waals surface area contributed by atoms with Crippen molar-refractivity contribution in [2.24, 2.45) is 5.92 Å². The van der Waals surface area contributed by atoms with Crippen molar-refractivity contribution in [3.63, 3.8) is 0 Å². The summed E-state index contributed by atoms with van der Waals surface area (Å²) < 4.78 is 0. The van der Waals surface area contributed by atoms with E-state index >= 15 is 0 Å². The molecule has 2 nitrogen and oxygen atoms in total. The summed E-state index contributed by atoms with van der Waals surface area (Å²) in [7, 11) is 1.85. The molecule has 0 aliphatic rings. The summed E-state index contributed by atoms with van der Waals surface area (Å²) in [5.41, 5.74) is 0. The smallest absolute Gasteiger partial charge is 0.236 e. The zero-order chi connectivity index (χ0) is 9.72. The Morgan fingerprint density at radius 1 is 1.50 bits per heavy atom. The highest BCUT2D eigenvalue weighted by molar-refractivity contribution is 9.10. The van der Waals surface area contributed by atoms with E-state index in [0.29, 0.717) is 5.92 Å². The van der Waals surface area contributed by atoms with Gasteiger partial charge in [0.2, 0.25) is 5.91 Å². The maximum absolute atomic E-state index is 11.6. The lowest BCUT2D eigenvalue weighted by molar-refractivity contribution is -0.129. The molecule has 0 saturated carbocycles. The van der Waals surface area contributed by atoms with Crippen molar-refractivity contribution in [1.29, 1.82) is 0 Å². The van der Waals surface area contributed by atoms with Crippen LogP contribution >= 0.6 is 15.9 Å². The molecule has 0 saturated heterocycles. The van der Waals surface area contributed by atoms with E-state index in [4.69, 9.17) is 0 Å². The lowest BCUT2D eigenvalue weighted by atomic mass is 10.1. The number of nitrogens with zero attached hydrogens (tertiary/aromatic N) is 1. The normalized spacial score (nSPS) is 13.2. The Balaban J connectivity index is 4.00. The average Bonchev–Trinajstić information content (AvgIpc) is 2.02. The average molecular weight is 236 g/mol. The summed E-state index contributed by atoms with van der Waals surface area (Å²) in [4.78, 5) is 13.3. The predicted molar refractivity (Wildman–Crippen MR) is 55.5 cm³/mol. The third-order valence-corrected chi connectivity index (χ3v) is 3.21. The molecule has 0 aromatic rings. The minimum atomic E-state index is -0.0333. The van der Waals surface area contributed by atoms with E-state index in [2.05, 4.69) is 22.9 Å². The maximum Gasteiger partial charge on any atom is 0.236 e. The van der Waals surface area contributed by atoms with Gasteiger partial charge in [-0.1, -0.05) is 36.7 Å². The first-order valence-electron chi connectivity index (χ1n) is 4.39. The Morgan fingerprint density at radius 3 is 2.33 bits per heavy atom. The van der Waals surface area contributed by atoms with Crippen LogP contribution in [0.3, 0.4) is 0 Å². The first-order valence-corrected chi connectivity index (χ1v) is 5.31. The fourth-order valence-corrected chi connectivity index (χ4v) is 1.29. The van der Waals surface area contributed by atoms with E-state index in [1.807, 2.05) is 20.9 Å². The van der Waals surface area contributed by atoms with Crippen molar-refractivity contribution in [2.75, 3.05) is 13.6 Å². The highest BCUT2D eigenvalue weighted by atomic mass is 79.9. The van der Waals surface area contributed by atoms with E-state index in [1.54, 1.807) is 4.90 Å². The number of hydrogen-bond donors (Lipinski definition) is 0. The van der Waals surface area contributed by atoms with E-state index < -0.39 is 0 Å². The zero-order valence-corrected chi connectivity index (χ0v) is 9.89. The van der Waals surface area contributed by atoms with Crippen LogP contribution in [0.4, 0.5) is 0 Å². The van der Waals surface area contributed by atoms with Crippen LogP contribution in [0.25, 0.3) is 0 Å². The van der Waals surface area contributed by atoms with Crippen LogP contribution in [0.5, 0.6) is 0 Å². The second kappa shape index (κ2) is 5.57. The maximum atomic E-state index is 11.6. The molecule has 0 radical (unpaired) electrons. The molecule has 0 spiro atoms. The fourth-order valence-electron chi connectivity index (χ4n) is 0.941. The van der Waals surface area contributed by atoms with Crippen molar-refractivity contribution in [3.8, 4) is 0 Å². The molecule has 0 aromatic heterocycles. The van der Waals surface area contributed by atoms with Crippen LogP contribution in [0.1, 0.15) is 27.2 Å². The zero-order valence-electron chi connectivity index (χ0n) is 8.30. The Labute approximate surface area is 83.4 Å². The topological polar surface area (TPSA) is 20.3 Å². The van der Waals surface area contributed by atoms with Crippen LogP contribution in [-0.2, 0) is 4.79 Å². The van der Waals surface area contributed by atoms with Gasteiger partial charge in [0, 0.05) is 13.6 Å². The summed E-state index contributed by atoms with van der Waals surface area (Å²) >= 11 is 3.39. The largest absolute Gasteiger partial charge is 0.345 e. The molecular formula is C9H18BrNO. The minimum absolute atomic E-state index is 0.0333. The van der Waals surface area contributed by atoms with Crippen molar-refractivity contribution in [2.45, 2.75) is 32.0 Å². The standard InChI is InChI=1S/C9H18BrNO/c1-5-6-11(4)9(12)8(10)7(2)3/h7-8H,5-6H2,1-4H3. The summed E-state index contributed by atoms with van der Waals surface area (Å²) in [5.74, 6) is 0.545. The molecule has 0 fully saturated rings. The van der Waals surface area contributed by atoms with Crippen molar-refractivity contribution >= 4 is 21.8 Å². The molecule has 12 heavy (non-hydrogen) atoms. The van der Waals surface area contributed by atoms with E-state index in [1.165, 1.54) is 0 Å². The molecule has 3 heteroatoms. The van der Waals surface area contributed by atoms with Crippen LogP contribution in [0.15, 0.2) is 0 Å². The Bertz CT molecular complexity index is 147. The van der Waals surface area contributed by atoms with Gasteiger partial charge in [-0.05, 0) is 12.3 Å². The van der Waals surface area contributed by atoms with Crippen LogP contribution in [0, 0.1) is 5.92 Å². The first kappa shape index (κ1) is 11.9. The van der Waals surface area contributed by atoms with Gasteiger partial charge in [-0.15, -0.1) is 0 Å². The first-order chi connectivity index (χ1) is 5.50. The van der Waals surface area contributed by atoms with Crippen molar-refractivity contribution < 1.29 is 4.79 Å². The van der Waals surface area contributed by atoms with Gasteiger partial charge >= 0.3 is 0 Å². The molecule has 1 atom stereocenters. The number of rotatable bonds is 4. The molecule has 0 bridgehead atoms. The Morgan fingerprint density at radius 2 is 2.00 bits per heavy atom. The van der Waals surface area contributed by atoms with Crippen molar-refractivity contribution in [1.82, 2.24) is 4.90 Å². The van der Waals surface area contributed by atoms with Gasteiger partial charge in [0.25, 0.3) is 0 Å². The second-order valence-electron chi connectivity index (χ2n) is 3.41. The Kier molecular flexibility index (Phi) is 5.55. The van der Waals surface area contributed by atoms with Crippen molar-refractivity contribution in [3.05, 3.63) is 0 Å². The molecular weight excluding hydrogens is 218 g/mol. The molecule has 0 N–H and O–H groups in total. The van der Waals surface area contributed by atoms with Crippen LogP contribution in [-0.4, -0.2) is 29.2 Å². The van der Waals surface area contributed by atoms with Gasteiger partial charge in [0.15, 0.2) is 0 Å². The number of hydrogen-bond acceptors (Lipinski definition) is 1. The van der Waals surface area contributed by atoms with Gasteiger partial charge in [-0.25, -0.2) is 0 Å². The van der Waals surface area contributed by atoms with Gasteiger partial charge in [0.05, 0.1) is 4.83 Å². The minimum Gasteiger partial charge on any atom is -0.345 e. The van der Waals surface area contributed by atoms with E-state index in [9.17, 15) is 4.79 Å². The van der Waals surface area contributed by atoms with Crippen LogP contribution in [0.2, 0.25) is 0 Å². The molecule has 0 aromatic carbocycles. The number of carbonyl (C=O) groups excluding carboxylic acids is 1. The van der Waals surface area contributed by atoms with Gasteiger partial charge in [-0.3, -0.25) is 4.79 Å². The van der Waals surface area contributed by atoms with E-state index in [-0.39, 0.29) is 10.7 Å². The number of alkyl halides is 1. The highest BCUT2D eigenvalue weighted by Crippen LogP contribution is 2.14. The molecule has 0 aliphatic carbocycles. The Hall–Kier alpha value is -0.0500. The fraction of sp³-hybridized carbons (Fsp3) is 0.889. The van der Waals surface area contributed by atoms with E-state index in [0.717, 1.165) is 13.0 Å². The SMILES string of the molecule is CCCN(C)C(=O)C(Br)C(C)C. The molecule has 1 amide bonds. The van der Waals surface area contributed by atoms with Gasteiger partial charge in [-0.2, -0.15) is 0 Å². The lowest BCUT2D eigenvalue weighted by Gasteiger charge is -2.21. The van der Waals surface area contributed by atoms with Crippen LogP contribution < -0.4 is 0 Å². The number of halogens is 1. The summed E-state index contributed by atoms with van der Waals surface area (Å²) in [6, 6.07) is 0. The molecule has 0 heterocycles. The summed E-state index contributed by atoms with van der Waals surface area (Å²) in [6.45, 7) is 6.99. The van der Waals surface area contributed by atoms with Gasteiger partial charge in [0.1, 0.15) is 0 Å². The number of amides is 1. The monoisotopic (exact) mass is 235 g/mol. The third-order valence-electron chi connectivity index (χ3n) is 1.76. The summed E-state index contributed by atoms with van der Waals surface area (Å²) in [5, 5.41) is 0. The molecule has 72 valence electrons.